The van der Waals surface area contributed by atoms with E-state index in [-0.39, 0.29) is 11.3 Å². The fraction of sp³-hybridized carbons (Fsp3) is 0.433. The van der Waals surface area contributed by atoms with E-state index in [1.807, 2.05) is 0 Å². The smallest absolute Gasteiger partial charge is 0.226 e. The highest BCUT2D eigenvalue weighted by molar-refractivity contribution is 5.85. The monoisotopic (exact) mass is 453 g/mol. The van der Waals surface area contributed by atoms with Gasteiger partial charge in [0.1, 0.15) is 0 Å². The number of hydrogen-bond acceptors (Lipinski definition) is 3. The first-order valence-corrected chi connectivity index (χ1v) is 12.9. The van der Waals surface area contributed by atoms with E-state index >= 15 is 0 Å². The average Bonchev–Trinajstić information content (AvgIpc) is 3.59. The van der Waals surface area contributed by atoms with Crippen LogP contribution in [0, 0.1) is 11.3 Å². The maximum absolute atomic E-state index is 13.3. The molecule has 34 heavy (non-hydrogen) atoms. The molecule has 0 N–H and O–H groups in total. The summed E-state index contributed by atoms with van der Waals surface area (Å²) in [5.41, 5.74) is 3.07. The first-order valence-electron chi connectivity index (χ1n) is 12.9. The first kappa shape index (κ1) is 21.8. The van der Waals surface area contributed by atoms with Gasteiger partial charge < -0.3 is 4.90 Å². The van der Waals surface area contributed by atoms with Gasteiger partial charge in [0.05, 0.1) is 0 Å². The topological polar surface area (TPSA) is 26.8 Å². The third-order valence-electron chi connectivity index (χ3n) is 8.55. The van der Waals surface area contributed by atoms with Gasteiger partial charge in [0, 0.05) is 45.2 Å². The van der Waals surface area contributed by atoms with Gasteiger partial charge in [-0.1, -0.05) is 72.8 Å². The lowest BCUT2D eigenvalue weighted by Crippen LogP contribution is -2.49. The van der Waals surface area contributed by atoms with E-state index in [9.17, 15) is 4.79 Å². The molecule has 4 nitrogen and oxygen atoms in total. The van der Waals surface area contributed by atoms with Crippen molar-refractivity contribution in [2.24, 2.45) is 11.3 Å². The van der Waals surface area contributed by atoms with Crippen molar-refractivity contribution in [2.45, 2.75) is 32.4 Å². The van der Waals surface area contributed by atoms with Crippen molar-refractivity contribution in [2.75, 3.05) is 39.3 Å². The standard InChI is InChI=1S/C30H35N3O/c34-29(33-19-17-32(18-20-33)22-24-7-2-1-3-8-24)28-21-30(28)13-15-31(16-14-30)23-26-11-6-10-25-9-4-5-12-27(25)26/h1-12,28H,13-23H2. The third-order valence-corrected chi connectivity index (χ3v) is 8.55. The molecule has 1 spiro atoms. The largest absolute Gasteiger partial charge is 0.340 e. The zero-order chi connectivity index (χ0) is 23.0. The second-order valence-corrected chi connectivity index (χ2v) is 10.6. The van der Waals surface area contributed by atoms with Gasteiger partial charge >= 0.3 is 0 Å². The lowest BCUT2D eigenvalue weighted by molar-refractivity contribution is -0.135. The van der Waals surface area contributed by atoms with Crippen molar-refractivity contribution in [1.29, 1.82) is 0 Å². The molecule has 3 aromatic carbocycles. The van der Waals surface area contributed by atoms with Crippen molar-refractivity contribution in [3.8, 4) is 0 Å². The van der Waals surface area contributed by atoms with E-state index < -0.39 is 0 Å². The van der Waals surface area contributed by atoms with Crippen LogP contribution in [0.15, 0.2) is 72.8 Å². The summed E-state index contributed by atoms with van der Waals surface area (Å²) in [5.74, 6) is 0.703. The molecule has 0 aromatic heterocycles. The van der Waals surface area contributed by atoms with Crippen molar-refractivity contribution in [1.82, 2.24) is 14.7 Å². The SMILES string of the molecule is O=C(C1CC12CCN(Cc1cccc3ccccc13)CC2)N1CCN(Cc2ccccc2)CC1. The Morgan fingerprint density at radius 2 is 1.41 bits per heavy atom. The Hall–Kier alpha value is -2.69. The lowest BCUT2D eigenvalue weighted by atomic mass is 9.90. The summed E-state index contributed by atoms with van der Waals surface area (Å²) in [4.78, 5) is 20.5. The summed E-state index contributed by atoms with van der Waals surface area (Å²) in [6.45, 7) is 7.95. The summed E-state index contributed by atoms with van der Waals surface area (Å²) < 4.78 is 0. The van der Waals surface area contributed by atoms with Gasteiger partial charge in [-0.3, -0.25) is 14.6 Å². The molecule has 1 aliphatic carbocycles. The van der Waals surface area contributed by atoms with Crippen LogP contribution in [0.5, 0.6) is 0 Å². The molecule has 3 fully saturated rings. The fourth-order valence-corrected chi connectivity index (χ4v) is 6.27. The highest BCUT2D eigenvalue weighted by atomic mass is 16.2. The van der Waals surface area contributed by atoms with Crippen molar-refractivity contribution in [3.63, 3.8) is 0 Å². The van der Waals surface area contributed by atoms with E-state index in [1.54, 1.807) is 0 Å². The molecule has 2 aliphatic heterocycles. The van der Waals surface area contributed by atoms with Crippen LogP contribution in [0.25, 0.3) is 10.8 Å². The highest BCUT2D eigenvalue weighted by Gasteiger charge is 2.59. The van der Waals surface area contributed by atoms with E-state index in [4.69, 9.17) is 0 Å². The minimum atomic E-state index is 0.271. The third kappa shape index (κ3) is 4.37. The Morgan fingerprint density at radius 1 is 0.735 bits per heavy atom. The number of carbonyl (C=O) groups excluding carboxylic acids is 1. The van der Waals surface area contributed by atoms with Crippen LogP contribution in [0.4, 0.5) is 0 Å². The average molecular weight is 454 g/mol. The molecule has 1 amide bonds. The van der Waals surface area contributed by atoms with Crippen LogP contribution < -0.4 is 0 Å². The molecule has 3 aliphatic rings. The van der Waals surface area contributed by atoms with E-state index in [0.717, 1.165) is 58.8 Å². The number of piperidine rings is 1. The quantitative estimate of drug-likeness (QED) is 0.556. The van der Waals surface area contributed by atoms with Gasteiger partial charge in [-0.2, -0.15) is 0 Å². The van der Waals surface area contributed by atoms with Crippen molar-refractivity contribution in [3.05, 3.63) is 83.9 Å². The van der Waals surface area contributed by atoms with E-state index in [0.29, 0.717) is 5.91 Å². The van der Waals surface area contributed by atoms with Gasteiger partial charge in [-0.15, -0.1) is 0 Å². The van der Waals surface area contributed by atoms with Crippen LogP contribution in [-0.2, 0) is 17.9 Å². The molecule has 1 unspecified atom stereocenters. The first-order chi connectivity index (χ1) is 16.7. The number of benzene rings is 3. The normalized spacial score (nSPS) is 22.8. The molecule has 2 saturated heterocycles. The molecule has 4 heteroatoms. The zero-order valence-corrected chi connectivity index (χ0v) is 20.0. The van der Waals surface area contributed by atoms with E-state index in [2.05, 4.69) is 87.5 Å². The molecule has 1 atom stereocenters. The van der Waals surface area contributed by atoms with E-state index in [1.165, 1.54) is 34.7 Å². The molecular weight excluding hydrogens is 418 g/mol. The summed E-state index contributed by atoms with van der Waals surface area (Å²) in [7, 11) is 0. The summed E-state index contributed by atoms with van der Waals surface area (Å²) >= 11 is 0. The fourth-order valence-electron chi connectivity index (χ4n) is 6.27. The zero-order valence-electron chi connectivity index (χ0n) is 20.0. The number of likely N-dealkylation sites (tertiary alicyclic amines) is 1. The number of rotatable bonds is 5. The van der Waals surface area contributed by atoms with Crippen molar-refractivity contribution < 1.29 is 4.79 Å². The van der Waals surface area contributed by atoms with Gasteiger partial charge in [-0.05, 0) is 59.7 Å². The van der Waals surface area contributed by atoms with Gasteiger partial charge in [0.25, 0.3) is 0 Å². The number of carbonyl (C=O) groups is 1. The second kappa shape index (κ2) is 9.16. The Labute approximate surface area is 203 Å². The molecular formula is C30H35N3O. The summed E-state index contributed by atoms with van der Waals surface area (Å²) in [6, 6.07) is 26.0. The van der Waals surface area contributed by atoms with Gasteiger partial charge in [-0.25, -0.2) is 0 Å². The van der Waals surface area contributed by atoms with Gasteiger partial charge in [0.2, 0.25) is 5.91 Å². The maximum Gasteiger partial charge on any atom is 0.226 e. The van der Waals surface area contributed by atoms with Crippen LogP contribution in [-0.4, -0.2) is 59.9 Å². The van der Waals surface area contributed by atoms with Gasteiger partial charge in [0.15, 0.2) is 0 Å². The Balaban J connectivity index is 0.998. The Morgan fingerprint density at radius 3 is 2.21 bits per heavy atom. The summed E-state index contributed by atoms with van der Waals surface area (Å²) in [5, 5.41) is 2.70. The Kier molecular flexibility index (Phi) is 5.88. The van der Waals surface area contributed by atoms with Crippen molar-refractivity contribution >= 4 is 16.7 Å². The molecule has 0 radical (unpaired) electrons. The molecule has 6 rings (SSSR count). The minimum absolute atomic E-state index is 0.271. The molecule has 1 saturated carbocycles. The number of amides is 1. The molecule has 176 valence electrons. The number of fused-ring (bicyclic) bond motifs is 1. The van der Waals surface area contributed by atoms with Crippen LogP contribution >= 0.6 is 0 Å². The highest BCUT2D eigenvalue weighted by Crippen LogP contribution is 2.60. The molecule has 2 heterocycles. The minimum Gasteiger partial charge on any atom is -0.340 e. The van der Waals surface area contributed by atoms with Crippen LogP contribution in [0.3, 0.4) is 0 Å². The Bertz CT molecular complexity index is 1140. The molecule has 0 bridgehead atoms. The van der Waals surface area contributed by atoms with Crippen LogP contribution in [0.1, 0.15) is 30.4 Å². The number of nitrogens with zero attached hydrogens (tertiary/aromatic N) is 3. The second-order valence-electron chi connectivity index (χ2n) is 10.6. The maximum atomic E-state index is 13.3. The number of hydrogen-bond donors (Lipinski definition) is 0. The molecule has 3 aromatic rings. The van der Waals surface area contributed by atoms with Crippen LogP contribution in [0.2, 0.25) is 0 Å². The lowest BCUT2D eigenvalue weighted by Gasteiger charge is -2.36. The predicted octanol–water partition coefficient (Wildman–Crippen LogP) is 4.79. The number of piperazine rings is 1. The predicted molar refractivity (Wildman–Crippen MR) is 137 cm³/mol. The summed E-state index contributed by atoms with van der Waals surface area (Å²) in [6.07, 6.45) is 3.45.